The number of thiophene rings is 1. The van der Waals surface area contributed by atoms with E-state index >= 15 is 0 Å². The van der Waals surface area contributed by atoms with E-state index < -0.39 is 0 Å². The second-order valence-corrected chi connectivity index (χ2v) is 9.49. The van der Waals surface area contributed by atoms with Crippen LogP contribution in [0.5, 0.6) is 5.75 Å². The van der Waals surface area contributed by atoms with Crippen molar-refractivity contribution in [3.63, 3.8) is 0 Å². The zero-order valence-electron chi connectivity index (χ0n) is 16.4. The molecule has 0 radical (unpaired) electrons. The SMILES string of the molecule is O=C(C[C@@H]1CC2(CCN(C(=O)c3cccs3)CC2)Oc2ccccc21)NC1CC1. The van der Waals surface area contributed by atoms with Crippen LogP contribution in [0.25, 0.3) is 0 Å². The Labute approximate surface area is 175 Å². The molecule has 6 heteroatoms. The number of benzene rings is 1. The zero-order chi connectivity index (χ0) is 19.8. The lowest BCUT2D eigenvalue weighted by Crippen LogP contribution is -2.52. The maximum atomic E-state index is 12.7. The van der Waals surface area contributed by atoms with Crippen molar-refractivity contribution < 1.29 is 14.3 Å². The molecule has 1 saturated heterocycles. The minimum atomic E-state index is -0.287. The number of hydrogen-bond acceptors (Lipinski definition) is 4. The third-order valence-electron chi connectivity index (χ3n) is 6.37. The molecule has 1 aliphatic carbocycles. The second kappa shape index (κ2) is 7.48. The van der Waals surface area contributed by atoms with E-state index in [1.807, 2.05) is 40.6 Å². The molecule has 2 aliphatic heterocycles. The van der Waals surface area contributed by atoms with Crippen LogP contribution in [-0.2, 0) is 4.79 Å². The van der Waals surface area contributed by atoms with Crippen molar-refractivity contribution in [1.82, 2.24) is 10.2 Å². The first kappa shape index (κ1) is 18.7. The fourth-order valence-electron chi connectivity index (χ4n) is 4.64. The van der Waals surface area contributed by atoms with Crippen molar-refractivity contribution in [1.29, 1.82) is 0 Å². The first-order chi connectivity index (χ1) is 14.1. The number of hydrogen-bond donors (Lipinski definition) is 1. The molecule has 1 aromatic carbocycles. The minimum Gasteiger partial charge on any atom is -0.487 e. The lowest BCUT2D eigenvalue weighted by molar-refractivity contribution is -0.122. The van der Waals surface area contributed by atoms with E-state index in [1.54, 1.807) is 0 Å². The number of piperidine rings is 1. The predicted molar refractivity (Wildman–Crippen MR) is 112 cm³/mol. The second-order valence-electron chi connectivity index (χ2n) is 8.54. The lowest BCUT2D eigenvalue weighted by Gasteiger charge is -2.46. The molecule has 3 aliphatic rings. The van der Waals surface area contributed by atoms with Crippen LogP contribution >= 0.6 is 11.3 Å². The molecule has 3 heterocycles. The molecule has 1 N–H and O–H groups in total. The molecular weight excluding hydrogens is 384 g/mol. The van der Waals surface area contributed by atoms with E-state index in [4.69, 9.17) is 4.74 Å². The Hall–Kier alpha value is -2.34. The fraction of sp³-hybridized carbons (Fsp3) is 0.478. The van der Waals surface area contributed by atoms with Crippen molar-refractivity contribution in [2.45, 2.75) is 56.1 Å². The summed E-state index contributed by atoms with van der Waals surface area (Å²) in [6, 6.07) is 12.3. The number of amides is 2. The van der Waals surface area contributed by atoms with Crippen LogP contribution in [0.2, 0.25) is 0 Å². The summed E-state index contributed by atoms with van der Waals surface area (Å²) in [6.07, 6.45) is 5.17. The molecular formula is C23H26N2O3S. The molecule has 0 unspecified atom stereocenters. The monoisotopic (exact) mass is 410 g/mol. The average molecular weight is 411 g/mol. The Bertz CT molecular complexity index is 899. The Morgan fingerprint density at radius 1 is 1.14 bits per heavy atom. The molecule has 29 heavy (non-hydrogen) atoms. The molecule has 1 saturated carbocycles. The van der Waals surface area contributed by atoms with Gasteiger partial charge in [-0.15, -0.1) is 11.3 Å². The van der Waals surface area contributed by atoms with Gasteiger partial charge in [0.25, 0.3) is 5.91 Å². The topological polar surface area (TPSA) is 58.6 Å². The van der Waals surface area contributed by atoms with Gasteiger partial charge >= 0.3 is 0 Å². The summed E-state index contributed by atoms with van der Waals surface area (Å²) < 4.78 is 6.52. The number of likely N-dealkylation sites (tertiary alicyclic amines) is 1. The van der Waals surface area contributed by atoms with E-state index in [-0.39, 0.29) is 23.3 Å². The molecule has 5 nitrogen and oxygen atoms in total. The number of rotatable bonds is 4. The summed E-state index contributed by atoms with van der Waals surface area (Å²) in [7, 11) is 0. The van der Waals surface area contributed by atoms with E-state index in [0.29, 0.717) is 25.6 Å². The van der Waals surface area contributed by atoms with Gasteiger partial charge in [-0.3, -0.25) is 9.59 Å². The Morgan fingerprint density at radius 3 is 2.66 bits per heavy atom. The Kier molecular flexibility index (Phi) is 4.82. The quantitative estimate of drug-likeness (QED) is 0.830. The zero-order valence-corrected chi connectivity index (χ0v) is 17.2. The normalized spacial score (nSPS) is 22.6. The number of ether oxygens (including phenoxy) is 1. The maximum absolute atomic E-state index is 12.7. The first-order valence-corrected chi connectivity index (χ1v) is 11.4. The number of para-hydroxylation sites is 1. The molecule has 2 aromatic rings. The number of nitrogens with one attached hydrogen (secondary N) is 1. The van der Waals surface area contributed by atoms with Crippen LogP contribution in [0.15, 0.2) is 41.8 Å². The van der Waals surface area contributed by atoms with Gasteiger partial charge in [0.05, 0.1) is 4.88 Å². The van der Waals surface area contributed by atoms with Gasteiger partial charge in [0.15, 0.2) is 0 Å². The minimum absolute atomic E-state index is 0.117. The highest BCUT2D eigenvalue weighted by atomic mass is 32.1. The van der Waals surface area contributed by atoms with Crippen molar-refractivity contribution in [2.75, 3.05) is 13.1 Å². The van der Waals surface area contributed by atoms with Crippen LogP contribution in [0, 0.1) is 0 Å². The molecule has 0 bridgehead atoms. The third-order valence-corrected chi connectivity index (χ3v) is 7.23. The third kappa shape index (κ3) is 3.90. The molecule has 5 rings (SSSR count). The van der Waals surface area contributed by atoms with Crippen LogP contribution in [0.1, 0.15) is 59.7 Å². The van der Waals surface area contributed by atoms with Crippen LogP contribution in [-0.4, -0.2) is 41.4 Å². The van der Waals surface area contributed by atoms with Crippen LogP contribution in [0.3, 0.4) is 0 Å². The molecule has 1 aromatic heterocycles. The van der Waals surface area contributed by atoms with Gasteiger partial charge in [-0.05, 0) is 42.3 Å². The molecule has 1 atom stereocenters. The smallest absolute Gasteiger partial charge is 0.263 e. The molecule has 2 amide bonds. The van der Waals surface area contributed by atoms with Crippen LogP contribution in [0.4, 0.5) is 0 Å². The summed E-state index contributed by atoms with van der Waals surface area (Å²) in [5, 5.41) is 5.07. The largest absolute Gasteiger partial charge is 0.487 e. The lowest BCUT2D eigenvalue weighted by atomic mass is 9.76. The van der Waals surface area contributed by atoms with Crippen molar-refractivity contribution in [3.8, 4) is 5.75 Å². The number of carbonyl (C=O) groups excluding carboxylic acids is 2. The van der Waals surface area contributed by atoms with Gasteiger partial charge in [-0.1, -0.05) is 24.3 Å². The summed E-state index contributed by atoms with van der Waals surface area (Å²) in [6.45, 7) is 1.39. The van der Waals surface area contributed by atoms with Gasteiger partial charge in [-0.2, -0.15) is 0 Å². The highest BCUT2D eigenvalue weighted by molar-refractivity contribution is 7.12. The molecule has 2 fully saturated rings. The Balaban J connectivity index is 1.30. The fourth-order valence-corrected chi connectivity index (χ4v) is 5.34. The van der Waals surface area contributed by atoms with Crippen molar-refractivity contribution in [2.24, 2.45) is 0 Å². The van der Waals surface area contributed by atoms with E-state index in [2.05, 4.69) is 11.4 Å². The number of nitrogens with zero attached hydrogens (tertiary/aromatic N) is 1. The molecule has 152 valence electrons. The summed E-state index contributed by atoms with van der Waals surface area (Å²) in [5.41, 5.74) is 0.853. The van der Waals surface area contributed by atoms with Crippen molar-refractivity contribution in [3.05, 3.63) is 52.2 Å². The number of fused-ring (bicyclic) bond motifs is 1. The van der Waals surface area contributed by atoms with Gasteiger partial charge in [0.2, 0.25) is 5.91 Å². The summed E-state index contributed by atoms with van der Waals surface area (Å²) in [5.74, 6) is 1.33. The highest BCUT2D eigenvalue weighted by Crippen LogP contribution is 2.46. The Morgan fingerprint density at radius 2 is 1.93 bits per heavy atom. The predicted octanol–water partition coefficient (Wildman–Crippen LogP) is 3.96. The summed E-state index contributed by atoms with van der Waals surface area (Å²) in [4.78, 5) is 27.9. The van der Waals surface area contributed by atoms with E-state index in [0.717, 1.165) is 48.3 Å². The first-order valence-electron chi connectivity index (χ1n) is 10.5. The van der Waals surface area contributed by atoms with Crippen LogP contribution < -0.4 is 10.1 Å². The van der Waals surface area contributed by atoms with E-state index in [1.165, 1.54) is 11.3 Å². The van der Waals surface area contributed by atoms with Gasteiger partial charge < -0.3 is 15.0 Å². The maximum Gasteiger partial charge on any atom is 0.263 e. The highest BCUT2D eigenvalue weighted by Gasteiger charge is 2.44. The van der Waals surface area contributed by atoms with E-state index in [9.17, 15) is 9.59 Å². The average Bonchev–Trinajstić information content (AvgIpc) is 3.36. The molecule has 1 spiro atoms. The summed E-state index contributed by atoms with van der Waals surface area (Å²) >= 11 is 1.49. The van der Waals surface area contributed by atoms with Gasteiger partial charge in [0, 0.05) is 44.3 Å². The van der Waals surface area contributed by atoms with Crippen molar-refractivity contribution >= 4 is 23.2 Å². The standard InChI is InChI=1S/C23H26N2O3S/c26-21(24-17-7-8-17)14-16-15-23(28-19-5-2-1-4-18(16)19)9-11-25(12-10-23)22(27)20-6-3-13-29-20/h1-6,13,16-17H,7-12,14-15H2,(H,24,26)/t16-/m1/s1. The number of carbonyl (C=O) groups is 2. The van der Waals surface area contributed by atoms with Gasteiger partial charge in [-0.25, -0.2) is 0 Å². The van der Waals surface area contributed by atoms with Gasteiger partial charge in [0.1, 0.15) is 11.4 Å².